The molecule has 3 rings (SSSR count). The fraction of sp³-hybridized carbons (Fsp3) is 0.316. The molecule has 0 saturated carbocycles. The number of benzene rings is 1. The van der Waals surface area contributed by atoms with Gasteiger partial charge in [0.15, 0.2) is 0 Å². The largest absolute Gasteiger partial charge is 0.497 e. The van der Waals surface area contributed by atoms with Gasteiger partial charge in [-0.2, -0.15) is 0 Å². The molecule has 2 aromatic rings. The highest BCUT2D eigenvalue weighted by Gasteiger charge is 2.32. The van der Waals surface area contributed by atoms with E-state index in [9.17, 15) is 9.59 Å². The van der Waals surface area contributed by atoms with Crippen molar-refractivity contribution < 1.29 is 19.1 Å². The summed E-state index contributed by atoms with van der Waals surface area (Å²) in [4.78, 5) is 32.0. The van der Waals surface area contributed by atoms with Gasteiger partial charge in [0.25, 0.3) is 0 Å². The van der Waals surface area contributed by atoms with Gasteiger partial charge in [-0.25, -0.2) is 4.79 Å². The minimum atomic E-state index is -0.236. The summed E-state index contributed by atoms with van der Waals surface area (Å²) >= 11 is 0. The molecule has 3 amide bonds. The third kappa shape index (κ3) is 4.28. The van der Waals surface area contributed by atoms with Crippen LogP contribution in [0, 0.1) is 0 Å². The van der Waals surface area contributed by atoms with E-state index in [0.29, 0.717) is 36.8 Å². The van der Waals surface area contributed by atoms with E-state index in [-0.39, 0.29) is 18.5 Å². The van der Waals surface area contributed by atoms with Crippen molar-refractivity contribution in [3.05, 3.63) is 48.3 Å². The standard InChI is InChI=1S/C19H22N4O4/c1-26-15-3-4-17(27-2)16(11-15)23-10-9-22(19(23)25)13-18(24)21-12-14-5-7-20-8-6-14/h3-8,11H,9-10,12-13H2,1-2H3,(H,21,24). The van der Waals surface area contributed by atoms with Crippen LogP contribution in [-0.2, 0) is 11.3 Å². The maximum atomic E-state index is 12.8. The number of ether oxygens (including phenoxy) is 2. The molecule has 142 valence electrons. The molecule has 1 aliphatic heterocycles. The zero-order valence-electron chi connectivity index (χ0n) is 15.3. The summed E-state index contributed by atoms with van der Waals surface area (Å²) in [6, 6.07) is 8.71. The van der Waals surface area contributed by atoms with Gasteiger partial charge in [-0.1, -0.05) is 0 Å². The molecule has 8 nitrogen and oxygen atoms in total. The molecule has 1 aromatic heterocycles. The average molecular weight is 370 g/mol. The predicted octanol–water partition coefficient (Wildman–Crippen LogP) is 1.66. The zero-order valence-corrected chi connectivity index (χ0v) is 15.3. The minimum Gasteiger partial charge on any atom is -0.497 e. The van der Waals surface area contributed by atoms with Crippen molar-refractivity contribution >= 4 is 17.6 Å². The summed E-state index contributed by atoms with van der Waals surface area (Å²) in [5.41, 5.74) is 1.58. The van der Waals surface area contributed by atoms with E-state index in [1.54, 1.807) is 49.7 Å². The lowest BCUT2D eigenvalue weighted by Crippen LogP contribution is -2.39. The van der Waals surface area contributed by atoms with Crippen LogP contribution in [0.3, 0.4) is 0 Å². The second-order valence-electron chi connectivity index (χ2n) is 6.03. The van der Waals surface area contributed by atoms with E-state index >= 15 is 0 Å². The number of hydrogen-bond acceptors (Lipinski definition) is 5. The predicted molar refractivity (Wildman–Crippen MR) is 99.9 cm³/mol. The minimum absolute atomic E-state index is 0.00665. The first kappa shape index (κ1) is 18.5. The summed E-state index contributed by atoms with van der Waals surface area (Å²) < 4.78 is 10.6. The smallest absolute Gasteiger partial charge is 0.325 e. The van der Waals surface area contributed by atoms with Gasteiger partial charge in [0.1, 0.15) is 18.0 Å². The highest BCUT2D eigenvalue weighted by atomic mass is 16.5. The van der Waals surface area contributed by atoms with Crippen molar-refractivity contribution in [2.75, 3.05) is 38.8 Å². The molecule has 0 unspecified atom stereocenters. The van der Waals surface area contributed by atoms with Crippen LogP contribution < -0.4 is 19.7 Å². The Bertz CT molecular complexity index is 813. The first-order valence-corrected chi connectivity index (χ1v) is 8.56. The molecule has 0 spiro atoms. The summed E-state index contributed by atoms with van der Waals surface area (Å²) in [6.45, 7) is 1.34. The Kier molecular flexibility index (Phi) is 5.75. The first-order chi connectivity index (χ1) is 13.1. The number of anilines is 1. The Labute approximate surface area is 157 Å². The Morgan fingerprint density at radius 3 is 2.63 bits per heavy atom. The van der Waals surface area contributed by atoms with Crippen molar-refractivity contribution in [3.8, 4) is 11.5 Å². The first-order valence-electron chi connectivity index (χ1n) is 8.56. The molecule has 27 heavy (non-hydrogen) atoms. The van der Waals surface area contributed by atoms with Crippen LogP contribution >= 0.6 is 0 Å². The van der Waals surface area contributed by atoms with Crippen LogP contribution in [0.2, 0.25) is 0 Å². The highest BCUT2D eigenvalue weighted by molar-refractivity contribution is 5.97. The van der Waals surface area contributed by atoms with Gasteiger partial charge in [-0.3, -0.25) is 14.7 Å². The molecule has 8 heteroatoms. The normalized spacial score (nSPS) is 13.6. The van der Waals surface area contributed by atoms with E-state index in [1.165, 1.54) is 4.90 Å². The highest BCUT2D eigenvalue weighted by Crippen LogP contribution is 2.34. The second-order valence-corrected chi connectivity index (χ2v) is 6.03. The van der Waals surface area contributed by atoms with E-state index < -0.39 is 0 Å². The van der Waals surface area contributed by atoms with Gasteiger partial charge in [-0.05, 0) is 29.8 Å². The molecule has 0 radical (unpaired) electrons. The number of rotatable bonds is 7. The lowest BCUT2D eigenvalue weighted by molar-refractivity contribution is -0.121. The number of carbonyl (C=O) groups is 2. The molecular weight excluding hydrogens is 348 g/mol. The number of hydrogen-bond donors (Lipinski definition) is 1. The summed E-state index contributed by atoms with van der Waals surface area (Å²) in [5.74, 6) is 1.000. The Morgan fingerprint density at radius 2 is 1.93 bits per heavy atom. The fourth-order valence-corrected chi connectivity index (χ4v) is 2.89. The van der Waals surface area contributed by atoms with Gasteiger partial charge in [0.2, 0.25) is 5.91 Å². The average Bonchev–Trinajstić information content (AvgIpc) is 3.06. The van der Waals surface area contributed by atoms with E-state index in [0.717, 1.165) is 5.56 Å². The lowest BCUT2D eigenvalue weighted by atomic mass is 10.2. The number of nitrogens with one attached hydrogen (secondary N) is 1. The van der Waals surface area contributed by atoms with Crippen LogP contribution in [0.15, 0.2) is 42.7 Å². The molecule has 1 aromatic carbocycles. The van der Waals surface area contributed by atoms with Gasteiger partial charge in [0, 0.05) is 38.1 Å². The third-order valence-electron chi connectivity index (χ3n) is 4.35. The fourth-order valence-electron chi connectivity index (χ4n) is 2.89. The maximum absolute atomic E-state index is 12.8. The van der Waals surface area contributed by atoms with Gasteiger partial charge >= 0.3 is 6.03 Å². The molecule has 2 heterocycles. The Morgan fingerprint density at radius 1 is 1.15 bits per heavy atom. The van der Waals surface area contributed by atoms with E-state index in [1.807, 2.05) is 12.1 Å². The topological polar surface area (TPSA) is 84.0 Å². The van der Waals surface area contributed by atoms with Crippen LogP contribution in [-0.4, -0.2) is 55.7 Å². The molecule has 1 N–H and O–H groups in total. The van der Waals surface area contributed by atoms with Gasteiger partial charge < -0.3 is 19.7 Å². The lowest BCUT2D eigenvalue weighted by Gasteiger charge is -2.21. The second kappa shape index (κ2) is 8.39. The van der Waals surface area contributed by atoms with Gasteiger partial charge in [-0.15, -0.1) is 0 Å². The van der Waals surface area contributed by atoms with Crippen molar-refractivity contribution in [1.29, 1.82) is 0 Å². The molecule has 0 atom stereocenters. The SMILES string of the molecule is COc1ccc(OC)c(N2CCN(CC(=O)NCc3ccncc3)C2=O)c1. The number of aromatic nitrogens is 1. The molecule has 1 aliphatic rings. The van der Waals surface area contributed by atoms with Crippen molar-refractivity contribution in [3.63, 3.8) is 0 Å². The van der Waals surface area contributed by atoms with Crippen LogP contribution in [0.25, 0.3) is 0 Å². The third-order valence-corrected chi connectivity index (χ3v) is 4.35. The van der Waals surface area contributed by atoms with Crippen LogP contribution in [0.4, 0.5) is 10.5 Å². The zero-order chi connectivity index (χ0) is 19.2. The number of pyridine rings is 1. The quantitative estimate of drug-likeness (QED) is 0.801. The number of methoxy groups -OCH3 is 2. The van der Waals surface area contributed by atoms with Crippen LogP contribution in [0.5, 0.6) is 11.5 Å². The number of amides is 3. The van der Waals surface area contributed by atoms with Gasteiger partial charge in [0.05, 0.1) is 19.9 Å². The van der Waals surface area contributed by atoms with E-state index in [2.05, 4.69) is 10.3 Å². The van der Waals surface area contributed by atoms with Crippen molar-refractivity contribution in [1.82, 2.24) is 15.2 Å². The molecule has 0 aliphatic carbocycles. The van der Waals surface area contributed by atoms with Crippen molar-refractivity contribution in [2.45, 2.75) is 6.54 Å². The number of urea groups is 1. The Balaban J connectivity index is 1.62. The summed E-state index contributed by atoms with van der Waals surface area (Å²) in [7, 11) is 3.12. The monoisotopic (exact) mass is 370 g/mol. The van der Waals surface area contributed by atoms with E-state index in [4.69, 9.17) is 9.47 Å². The summed E-state index contributed by atoms with van der Waals surface area (Å²) in [6.07, 6.45) is 3.34. The molecular formula is C19H22N4O4. The number of nitrogens with zero attached hydrogens (tertiary/aromatic N) is 3. The summed E-state index contributed by atoms with van der Waals surface area (Å²) in [5, 5.41) is 2.82. The van der Waals surface area contributed by atoms with Crippen LogP contribution in [0.1, 0.15) is 5.56 Å². The Hall–Kier alpha value is -3.29. The number of carbonyl (C=O) groups excluding carboxylic acids is 2. The molecule has 1 fully saturated rings. The molecule has 1 saturated heterocycles. The van der Waals surface area contributed by atoms with Crippen molar-refractivity contribution in [2.24, 2.45) is 0 Å². The molecule has 0 bridgehead atoms. The maximum Gasteiger partial charge on any atom is 0.325 e.